The van der Waals surface area contributed by atoms with Crippen molar-refractivity contribution in [1.29, 1.82) is 0 Å². The van der Waals surface area contributed by atoms with Crippen molar-refractivity contribution in [2.45, 2.75) is 13.8 Å². The van der Waals surface area contributed by atoms with Crippen molar-refractivity contribution in [3.63, 3.8) is 0 Å². The molecular formula is C18H16O4. The van der Waals surface area contributed by atoms with E-state index in [9.17, 15) is 19.8 Å². The van der Waals surface area contributed by atoms with Crippen LogP contribution in [0.3, 0.4) is 0 Å². The molecule has 2 N–H and O–H groups in total. The Morgan fingerprint density at radius 3 is 1.95 bits per heavy atom. The van der Waals surface area contributed by atoms with Crippen molar-refractivity contribution >= 4 is 24.1 Å². The van der Waals surface area contributed by atoms with Crippen LogP contribution in [0.15, 0.2) is 36.4 Å². The van der Waals surface area contributed by atoms with Crippen LogP contribution in [0.1, 0.15) is 43.0 Å². The van der Waals surface area contributed by atoms with E-state index in [0.717, 1.165) is 11.1 Å². The molecule has 2 rings (SSSR count). The molecule has 4 heteroatoms. The van der Waals surface area contributed by atoms with Crippen LogP contribution in [0, 0.1) is 13.8 Å². The molecule has 0 fully saturated rings. The second kappa shape index (κ2) is 6.26. The summed E-state index contributed by atoms with van der Waals surface area (Å²) in [5, 5.41) is 18.6. The van der Waals surface area contributed by atoms with E-state index in [2.05, 4.69) is 0 Å². The highest BCUT2D eigenvalue weighted by Crippen LogP contribution is 2.22. The molecule has 112 valence electrons. The Kier molecular flexibility index (Phi) is 4.41. The molecular weight excluding hydrogens is 280 g/mol. The Balaban J connectivity index is 2.51. The average Bonchev–Trinajstić information content (AvgIpc) is 2.46. The number of aryl methyl sites for hydroxylation is 2. The van der Waals surface area contributed by atoms with Gasteiger partial charge < -0.3 is 10.2 Å². The molecule has 0 aliphatic carbocycles. The molecule has 0 aliphatic rings. The second-order valence-corrected chi connectivity index (χ2v) is 5.08. The molecule has 0 radical (unpaired) electrons. The Bertz CT molecular complexity index is 755. The minimum absolute atomic E-state index is 0.168. The molecule has 4 nitrogen and oxygen atoms in total. The molecule has 0 heterocycles. The molecule has 2 aromatic carbocycles. The summed E-state index contributed by atoms with van der Waals surface area (Å²) >= 11 is 0. The van der Waals surface area contributed by atoms with E-state index in [-0.39, 0.29) is 11.1 Å². The fourth-order valence-electron chi connectivity index (χ4n) is 2.23. The van der Waals surface area contributed by atoms with Crippen molar-refractivity contribution in [3.8, 4) is 0 Å². The van der Waals surface area contributed by atoms with Gasteiger partial charge in [-0.3, -0.25) is 0 Å². The predicted octanol–water partition coefficient (Wildman–Crippen LogP) is 3.87. The molecule has 0 aliphatic heterocycles. The predicted molar refractivity (Wildman–Crippen MR) is 85.2 cm³/mol. The van der Waals surface area contributed by atoms with Gasteiger partial charge in [-0.2, -0.15) is 0 Å². The van der Waals surface area contributed by atoms with Crippen LogP contribution in [0.25, 0.3) is 12.2 Å². The number of carboxylic acids is 2. The van der Waals surface area contributed by atoms with Crippen molar-refractivity contribution in [1.82, 2.24) is 0 Å². The third-order valence-corrected chi connectivity index (χ3v) is 3.41. The van der Waals surface area contributed by atoms with Crippen molar-refractivity contribution in [2.24, 2.45) is 0 Å². The van der Waals surface area contributed by atoms with Crippen molar-refractivity contribution in [3.05, 3.63) is 69.8 Å². The first kappa shape index (κ1) is 15.5. The summed E-state index contributed by atoms with van der Waals surface area (Å²) in [4.78, 5) is 22.8. The van der Waals surface area contributed by atoms with Crippen LogP contribution in [0.2, 0.25) is 0 Å². The van der Waals surface area contributed by atoms with E-state index < -0.39 is 11.9 Å². The van der Waals surface area contributed by atoms with Gasteiger partial charge in [-0.1, -0.05) is 54.1 Å². The van der Waals surface area contributed by atoms with Gasteiger partial charge in [0.05, 0.1) is 11.1 Å². The molecule has 0 unspecified atom stereocenters. The summed E-state index contributed by atoms with van der Waals surface area (Å²) in [6.07, 6.45) is 3.39. The summed E-state index contributed by atoms with van der Waals surface area (Å²) in [7, 11) is 0. The molecule has 0 atom stereocenters. The summed E-state index contributed by atoms with van der Waals surface area (Å²) in [5.41, 5.74) is 2.49. The maximum atomic E-state index is 11.5. The van der Waals surface area contributed by atoms with Gasteiger partial charge in [-0.05, 0) is 30.5 Å². The number of hydrogen-bond acceptors (Lipinski definition) is 2. The lowest BCUT2D eigenvalue weighted by molar-refractivity contribution is 0.0650. The third kappa shape index (κ3) is 3.23. The quantitative estimate of drug-likeness (QED) is 0.840. The first-order valence-corrected chi connectivity index (χ1v) is 6.75. The summed E-state index contributed by atoms with van der Waals surface area (Å²) < 4.78 is 0. The molecule has 0 spiro atoms. The van der Waals surface area contributed by atoms with Gasteiger partial charge in [0.15, 0.2) is 0 Å². The largest absolute Gasteiger partial charge is 0.478 e. The Morgan fingerprint density at radius 1 is 0.818 bits per heavy atom. The zero-order valence-corrected chi connectivity index (χ0v) is 12.3. The van der Waals surface area contributed by atoms with Gasteiger partial charge in [-0.15, -0.1) is 0 Å². The van der Waals surface area contributed by atoms with Gasteiger partial charge in [0.2, 0.25) is 0 Å². The Hall–Kier alpha value is -2.88. The smallest absolute Gasteiger partial charge is 0.337 e. The van der Waals surface area contributed by atoms with E-state index >= 15 is 0 Å². The van der Waals surface area contributed by atoms with Crippen molar-refractivity contribution in [2.75, 3.05) is 0 Å². The maximum Gasteiger partial charge on any atom is 0.337 e. The van der Waals surface area contributed by atoms with Gasteiger partial charge >= 0.3 is 11.9 Å². The summed E-state index contributed by atoms with van der Waals surface area (Å²) in [6, 6.07) is 11.0. The van der Waals surface area contributed by atoms with E-state index in [1.807, 2.05) is 31.2 Å². The number of carbonyl (C=O) groups is 2. The number of rotatable bonds is 4. The van der Waals surface area contributed by atoms with E-state index in [4.69, 9.17) is 0 Å². The monoisotopic (exact) mass is 296 g/mol. The topological polar surface area (TPSA) is 74.6 Å². The number of carboxylic acid groups (broad SMARTS) is 2. The summed E-state index contributed by atoms with van der Waals surface area (Å²) in [6.45, 7) is 3.57. The second-order valence-electron chi connectivity index (χ2n) is 5.08. The lowest BCUT2D eigenvalue weighted by Crippen LogP contribution is -2.12. The van der Waals surface area contributed by atoms with Gasteiger partial charge in [0.1, 0.15) is 0 Å². The molecule has 0 saturated carbocycles. The SMILES string of the molecule is Cc1ccc(C=Cc2ccc(C)c(C(=O)O)c2C(=O)O)cc1. The van der Waals surface area contributed by atoms with Crippen LogP contribution in [0.4, 0.5) is 0 Å². The fourth-order valence-corrected chi connectivity index (χ4v) is 2.23. The molecule has 0 saturated heterocycles. The highest BCUT2D eigenvalue weighted by Gasteiger charge is 2.21. The highest BCUT2D eigenvalue weighted by molar-refractivity contribution is 6.05. The highest BCUT2D eigenvalue weighted by atomic mass is 16.4. The molecule has 0 aromatic heterocycles. The van der Waals surface area contributed by atoms with E-state index in [0.29, 0.717) is 11.1 Å². The normalized spacial score (nSPS) is 10.8. The summed E-state index contributed by atoms with van der Waals surface area (Å²) in [5.74, 6) is -2.48. The third-order valence-electron chi connectivity index (χ3n) is 3.41. The lowest BCUT2D eigenvalue weighted by atomic mass is 9.96. The van der Waals surface area contributed by atoms with Crippen LogP contribution in [0.5, 0.6) is 0 Å². The zero-order valence-electron chi connectivity index (χ0n) is 12.3. The average molecular weight is 296 g/mol. The van der Waals surface area contributed by atoms with Gasteiger partial charge in [0, 0.05) is 0 Å². The van der Waals surface area contributed by atoms with Crippen LogP contribution < -0.4 is 0 Å². The number of benzene rings is 2. The van der Waals surface area contributed by atoms with E-state index in [1.165, 1.54) is 0 Å². The standard InChI is InChI=1S/C18H16O4/c1-11-3-6-13(7-4-11)8-10-14-9-5-12(2)15(17(19)20)16(14)18(21)22/h3-10H,1-2H3,(H,19,20)(H,21,22). The van der Waals surface area contributed by atoms with Gasteiger partial charge in [-0.25, -0.2) is 9.59 Å². The molecule has 0 bridgehead atoms. The van der Waals surface area contributed by atoms with Gasteiger partial charge in [0.25, 0.3) is 0 Å². The minimum atomic E-state index is -1.25. The lowest BCUT2D eigenvalue weighted by Gasteiger charge is -2.09. The first-order chi connectivity index (χ1) is 10.4. The molecule has 22 heavy (non-hydrogen) atoms. The van der Waals surface area contributed by atoms with Crippen LogP contribution in [-0.2, 0) is 0 Å². The maximum absolute atomic E-state index is 11.5. The number of aromatic carboxylic acids is 2. The minimum Gasteiger partial charge on any atom is -0.478 e. The zero-order chi connectivity index (χ0) is 16.3. The molecule has 2 aromatic rings. The van der Waals surface area contributed by atoms with Crippen LogP contribution >= 0.6 is 0 Å². The first-order valence-electron chi connectivity index (χ1n) is 6.75. The molecule has 0 amide bonds. The van der Waals surface area contributed by atoms with E-state index in [1.54, 1.807) is 31.2 Å². The van der Waals surface area contributed by atoms with Crippen molar-refractivity contribution < 1.29 is 19.8 Å². The van der Waals surface area contributed by atoms with Crippen LogP contribution in [-0.4, -0.2) is 22.2 Å². The number of hydrogen-bond donors (Lipinski definition) is 2. The fraction of sp³-hybridized carbons (Fsp3) is 0.111. The Labute approximate surface area is 128 Å². The Morgan fingerprint density at radius 2 is 1.41 bits per heavy atom.